The third-order valence-electron chi connectivity index (χ3n) is 24.9. The Balaban J connectivity index is 0.000000162. The van der Waals surface area contributed by atoms with Crippen molar-refractivity contribution in [1.82, 2.24) is 29.8 Å². The number of carbonyl (C=O) groups excluding carboxylic acids is 4. The Bertz CT molecular complexity index is 4730. The van der Waals surface area contributed by atoms with Crippen LogP contribution in [0.25, 0.3) is 5.57 Å². The number of fused-ring (bicyclic) bond motifs is 2. The van der Waals surface area contributed by atoms with Gasteiger partial charge >= 0.3 is 5.97 Å². The highest BCUT2D eigenvalue weighted by Gasteiger charge is 2.46. The van der Waals surface area contributed by atoms with E-state index in [4.69, 9.17) is 27.9 Å². The Morgan fingerprint density at radius 1 is 0.529 bits per heavy atom. The lowest BCUT2D eigenvalue weighted by molar-refractivity contribution is -0.152. The fraction of sp³-hybridized carbons (Fsp3) is 0.371. The molecule has 3 aliphatic heterocycles. The highest BCUT2D eigenvalue weighted by atomic mass is 35.5. The zero-order chi connectivity index (χ0) is 86.4. The van der Waals surface area contributed by atoms with Crippen molar-refractivity contribution in [1.29, 1.82) is 0 Å². The molecule has 1 atom stereocenters. The number of nitrogens with zero attached hydrogens (tertiary/aromatic N) is 5. The third kappa shape index (κ3) is 24.5. The summed E-state index contributed by atoms with van der Waals surface area (Å²) < 4.78 is 18.2. The molecule has 0 saturated carbocycles. The van der Waals surface area contributed by atoms with E-state index < -0.39 is 27.4 Å². The minimum atomic E-state index is -0.837. The molecule has 1 aliphatic carbocycles. The van der Waals surface area contributed by atoms with Gasteiger partial charge < -0.3 is 44.8 Å². The molecule has 0 spiro atoms. The smallest absolute Gasteiger partial charge is 0.316 e. The SMILES string of the molecule is CCC(=O)C(CC(C)N(C)C)(c1ccccc1)c1ccccc1.CCOC(=O)C1(c2ccccc2)CCN(C)CC1.CN(C)C(=O)C(CCN1CCC(O)(c2ccc(Cl)cc2)CC1)(c1ccccc1)c1ccccc1.CNCCC=C1c2ccccc2CCc2ccccc21.O=C(CCCN1CCC(O)(c2ccc(Cl)cc2)CC1)c1ccc(F)cc1. The molecule has 121 heavy (non-hydrogen) atoms. The van der Waals surface area contributed by atoms with Crippen LogP contribution in [-0.2, 0) is 59.4 Å². The van der Waals surface area contributed by atoms with Crippen LogP contribution in [0.15, 0.2) is 279 Å². The average molecular weight is 1670 g/mol. The molecule has 16 heteroatoms. The Morgan fingerprint density at radius 2 is 0.942 bits per heavy atom. The van der Waals surface area contributed by atoms with Gasteiger partial charge in [-0.15, -0.1) is 0 Å². The largest absolute Gasteiger partial charge is 0.465 e. The number of hydrogen-bond acceptors (Lipinski definition) is 12. The van der Waals surface area contributed by atoms with E-state index in [0.717, 1.165) is 143 Å². The molecule has 3 N–H and O–H groups in total. The lowest BCUT2D eigenvalue weighted by Crippen LogP contribution is -2.48. The molecule has 13 nitrogen and oxygen atoms in total. The van der Waals surface area contributed by atoms with Crippen LogP contribution in [0.2, 0.25) is 10.0 Å². The average Bonchev–Trinajstić information content (AvgIpc) is 1.27. The Hall–Kier alpha value is -9.55. The maximum Gasteiger partial charge on any atom is 0.316 e. The van der Waals surface area contributed by atoms with Crippen LogP contribution in [0.3, 0.4) is 0 Å². The second kappa shape index (κ2) is 45.5. The number of aliphatic hydroxyl groups is 2. The van der Waals surface area contributed by atoms with E-state index in [1.807, 2.05) is 187 Å². The van der Waals surface area contributed by atoms with Crippen molar-refractivity contribution in [3.8, 4) is 0 Å². The molecule has 3 saturated heterocycles. The standard InChI is InChI=1S/C29H33ClN2O2.C21H23ClFNO2.C21H27NO.C19H21N.C15H21NO2/c1-31(2)27(33)29(24-9-5-3-6-10-24,25-11-7-4-8-12-25)19-22-32-20-17-28(34,18-21-32)23-13-15-26(30)16-14-23;22-18-7-5-17(6-8-18)21(26)11-14-24(15-12-21)13-1-2-20(25)16-3-9-19(23)10-4-16;1-5-20(23)21(16-17(2)22(3)4,18-12-8-6-9-13-18)19-14-10-7-11-15-19;1-20-14-6-11-19-17-9-4-2-7-15(17)12-13-16-8-3-5-10-18(16)19;1-3-18-14(17)15(9-11-16(2)12-10-15)13-7-5-4-6-8-13/h3-16,34H,17-22H2,1-2H3;3-10,26H,1-2,11-15H2;6-15,17H,5,16H2,1-4H3;2-5,7-11,20H,6,12-14H2,1H3;4-8H,3,9-12H2,1-2H3. The van der Waals surface area contributed by atoms with Crippen LogP contribution in [0.1, 0.15) is 169 Å². The molecule has 0 bridgehead atoms. The molecular formula is C105H125Cl2FN6O7. The first-order chi connectivity index (χ1) is 58.4. The van der Waals surface area contributed by atoms with Gasteiger partial charge in [0.2, 0.25) is 5.91 Å². The summed E-state index contributed by atoms with van der Waals surface area (Å²) in [6, 6.07) is 89.3. The quantitative estimate of drug-likeness (QED) is 0.0269. The van der Waals surface area contributed by atoms with Crippen LogP contribution in [0.5, 0.6) is 0 Å². The summed E-state index contributed by atoms with van der Waals surface area (Å²) in [6.45, 7) is 14.1. The van der Waals surface area contributed by atoms with Gasteiger partial charge in [0.25, 0.3) is 0 Å². The van der Waals surface area contributed by atoms with E-state index in [9.17, 15) is 33.8 Å². The summed E-state index contributed by atoms with van der Waals surface area (Å²) in [5.74, 6) is 0.00944. The predicted octanol–water partition coefficient (Wildman–Crippen LogP) is 19.8. The van der Waals surface area contributed by atoms with Gasteiger partial charge in [-0.2, -0.15) is 0 Å². The Kier molecular flexibility index (Phi) is 35.3. The summed E-state index contributed by atoms with van der Waals surface area (Å²) >= 11 is 11.9. The fourth-order valence-corrected chi connectivity index (χ4v) is 17.7. The van der Waals surface area contributed by atoms with Crippen LogP contribution >= 0.6 is 23.2 Å². The first kappa shape index (κ1) is 93.7. The van der Waals surface area contributed by atoms with Gasteiger partial charge in [0, 0.05) is 74.8 Å². The molecule has 3 heterocycles. The van der Waals surface area contributed by atoms with Crippen molar-refractivity contribution in [3.63, 3.8) is 0 Å². The molecular weight excluding hydrogens is 1550 g/mol. The number of ketones is 2. The summed E-state index contributed by atoms with van der Waals surface area (Å²) in [4.78, 5) is 62.3. The Labute approximate surface area is 729 Å². The van der Waals surface area contributed by atoms with Gasteiger partial charge in [0.15, 0.2) is 5.78 Å². The number of piperidine rings is 3. The summed E-state index contributed by atoms with van der Waals surface area (Å²) in [5.41, 5.74) is 11.4. The number of halogens is 3. The topological polar surface area (TPSA) is 146 Å². The van der Waals surface area contributed by atoms with Crippen molar-refractivity contribution < 1.29 is 38.5 Å². The summed E-state index contributed by atoms with van der Waals surface area (Å²) in [5, 5.41) is 26.7. The number of likely N-dealkylation sites (N-methyl/N-ethyl adjacent to an activating group) is 1. The van der Waals surface area contributed by atoms with E-state index in [0.29, 0.717) is 73.2 Å². The highest BCUT2D eigenvalue weighted by molar-refractivity contribution is 6.30. The van der Waals surface area contributed by atoms with Gasteiger partial charge in [0.05, 0.1) is 28.6 Å². The predicted molar refractivity (Wildman–Crippen MR) is 493 cm³/mol. The van der Waals surface area contributed by atoms with Crippen LogP contribution in [-0.4, -0.2) is 172 Å². The lowest BCUT2D eigenvalue weighted by atomic mass is 9.67. The first-order valence-electron chi connectivity index (χ1n) is 43.2. The van der Waals surface area contributed by atoms with E-state index in [1.165, 1.54) is 52.1 Å². The minimum absolute atomic E-state index is 0.0414. The van der Waals surface area contributed by atoms with Gasteiger partial charge in [-0.3, -0.25) is 19.2 Å². The first-order valence-corrected chi connectivity index (χ1v) is 43.9. The van der Waals surface area contributed by atoms with Gasteiger partial charge in [-0.05, 0) is 267 Å². The van der Waals surface area contributed by atoms with Crippen LogP contribution < -0.4 is 5.32 Å². The van der Waals surface area contributed by atoms with Crippen LogP contribution in [0.4, 0.5) is 4.39 Å². The van der Waals surface area contributed by atoms with Crippen molar-refractivity contribution in [3.05, 3.63) is 362 Å². The van der Waals surface area contributed by atoms with Crippen LogP contribution in [0, 0.1) is 5.82 Å². The minimum Gasteiger partial charge on any atom is -0.465 e. The van der Waals surface area contributed by atoms with Crippen molar-refractivity contribution in [2.45, 2.75) is 144 Å². The molecule has 0 radical (unpaired) electrons. The molecule has 10 aromatic carbocycles. The monoisotopic (exact) mass is 1670 g/mol. The number of esters is 1. The number of Topliss-reactive ketones (excluding diaryl/α,β-unsaturated/α-hetero) is 2. The van der Waals surface area contributed by atoms with Crippen molar-refractivity contribution in [2.24, 2.45) is 0 Å². The highest BCUT2D eigenvalue weighted by Crippen LogP contribution is 2.43. The van der Waals surface area contributed by atoms with E-state index in [-0.39, 0.29) is 29.3 Å². The Morgan fingerprint density at radius 3 is 1.36 bits per heavy atom. The zero-order valence-electron chi connectivity index (χ0n) is 72.4. The second-order valence-corrected chi connectivity index (χ2v) is 34.0. The normalized spacial score (nSPS) is 15.8. The maximum absolute atomic E-state index is 13.8. The van der Waals surface area contributed by atoms with Crippen molar-refractivity contribution >= 4 is 52.2 Å². The number of benzene rings is 10. The number of rotatable bonds is 26. The molecule has 1 unspecified atom stereocenters. The molecule has 3 fully saturated rings. The number of amides is 1. The molecule has 0 aromatic heterocycles. The number of hydrogen-bond donors (Lipinski definition) is 3. The molecule has 1 amide bonds. The number of carbonyl (C=O) groups is 4. The van der Waals surface area contributed by atoms with Gasteiger partial charge in [-0.25, -0.2) is 4.39 Å². The van der Waals surface area contributed by atoms with Gasteiger partial charge in [0.1, 0.15) is 17.0 Å². The van der Waals surface area contributed by atoms with E-state index in [2.05, 4.69) is 156 Å². The second-order valence-electron chi connectivity index (χ2n) is 33.1. The molecule has 10 aromatic rings. The fourth-order valence-electron chi connectivity index (χ4n) is 17.4. The number of ether oxygens (including phenoxy) is 1. The maximum atomic E-state index is 13.8. The molecule has 14 rings (SSSR count). The zero-order valence-corrected chi connectivity index (χ0v) is 73.9. The molecule has 638 valence electrons. The van der Waals surface area contributed by atoms with E-state index in [1.54, 1.807) is 4.90 Å². The van der Waals surface area contributed by atoms with Gasteiger partial charge in [-0.1, -0.05) is 261 Å². The van der Waals surface area contributed by atoms with Crippen molar-refractivity contribution in [2.75, 3.05) is 108 Å². The van der Waals surface area contributed by atoms with E-state index >= 15 is 0 Å². The lowest BCUT2D eigenvalue weighted by Gasteiger charge is -2.41. The number of likely N-dealkylation sites (tertiary alicyclic amines) is 3. The summed E-state index contributed by atoms with van der Waals surface area (Å²) in [6.07, 6.45) is 13.2. The number of nitrogens with one attached hydrogen (secondary N) is 1. The third-order valence-corrected chi connectivity index (χ3v) is 25.5. The molecule has 4 aliphatic rings. The summed E-state index contributed by atoms with van der Waals surface area (Å²) in [7, 11) is 11.9. The number of aryl methyl sites for hydroxylation is 2.